The largest absolute Gasteiger partial charge is 0.296 e. The Hall–Kier alpha value is -0.410. The van der Waals surface area contributed by atoms with Crippen molar-refractivity contribution in [2.24, 2.45) is 0 Å². The molecule has 3 heteroatoms. The van der Waals surface area contributed by atoms with Crippen LogP contribution in [0.4, 0.5) is 4.39 Å². The van der Waals surface area contributed by atoms with Gasteiger partial charge in [0.2, 0.25) is 0 Å². The number of alkyl halides is 1. The van der Waals surface area contributed by atoms with Crippen molar-refractivity contribution in [1.82, 2.24) is 4.90 Å². The van der Waals surface area contributed by atoms with E-state index < -0.39 is 0 Å². The smallest absolute Gasteiger partial charge is 0.126 e. The van der Waals surface area contributed by atoms with Crippen molar-refractivity contribution in [2.75, 3.05) is 19.0 Å². The lowest BCUT2D eigenvalue weighted by molar-refractivity contribution is 0.401. The van der Waals surface area contributed by atoms with Gasteiger partial charge in [-0.05, 0) is 37.6 Å². The predicted octanol–water partition coefficient (Wildman–Crippen LogP) is 2.96. The van der Waals surface area contributed by atoms with Crippen molar-refractivity contribution in [1.29, 1.82) is 0 Å². The third kappa shape index (κ3) is 3.39. The van der Waals surface area contributed by atoms with Gasteiger partial charge >= 0.3 is 0 Å². The first kappa shape index (κ1) is 11.7. The summed E-state index contributed by atoms with van der Waals surface area (Å²) < 4.78 is 12.9. The molecule has 0 heterocycles. The maximum absolute atomic E-state index is 12.9. The van der Waals surface area contributed by atoms with Crippen molar-refractivity contribution in [3.8, 4) is 0 Å². The quantitative estimate of drug-likeness (QED) is 0.594. The molecule has 1 aromatic carbocycles. The molecule has 14 heavy (non-hydrogen) atoms. The zero-order valence-electron chi connectivity index (χ0n) is 8.56. The van der Waals surface area contributed by atoms with Crippen LogP contribution in [0.1, 0.15) is 11.1 Å². The Morgan fingerprint density at radius 2 is 2.14 bits per heavy atom. The van der Waals surface area contributed by atoms with Crippen LogP contribution in [0.3, 0.4) is 0 Å². The third-order valence-corrected chi connectivity index (χ3v) is 3.06. The Morgan fingerprint density at radius 1 is 1.43 bits per heavy atom. The molecule has 0 fully saturated rings. The lowest BCUT2D eigenvalue weighted by atomic mass is 10.1. The van der Waals surface area contributed by atoms with Gasteiger partial charge in [0.05, 0.1) is 5.45 Å². The second-order valence-electron chi connectivity index (χ2n) is 3.53. The second kappa shape index (κ2) is 5.47. The molecular weight excluding hydrogens is 245 g/mol. The monoisotopic (exact) mass is 259 g/mol. The first-order valence-corrected chi connectivity index (χ1v) is 5.75. The summed E-state index contributed by atoms with van der Waals surface area (Å²) in [6, 6.07) is 5.31. The number of hydrogen-bond acceptors (Lipinski definition) is 1. The van der Waals surface area contributed by atoms with E-state index in [0.29, 0.717) is 0 Å². The first-order chi connectivity index (χ1) is 6.63. The van der Waals surface area contributed by atoms with Crippen molar-refractivity contribution >= 4 is 15.9 Å². The maximum Gasteiger partial charge on any atom is 0.126 e. The van der Waals surface area contributed by atoms with Gasteiger partial charge in [-0.3, -0.25) is 4.90 Å². The summed E-state index contributed by atoms with van der Waals surface area (Å²) in [5.74, 6) is -0.123. The molecule has 0 saturated heterocycles. The molecule has 0 aromatic heterocycles. The fourth-order valence-electron chi connectivity index (χ4n) is 1.24. The van der Waals surface area contributed by atoms with E-state index in [-0.39, 0.29) is 5.82 Å². The van der Waals surface area contributed by atoms with E-state index >= 15 is 0 Å². The highest BCUT2D eigenvalue weighted by molar-refractivity contribution is 9.09. The molecule has 0 amide bonds. The summed E-state index contributed by atoms with van der Waals surface area (Å²) in [7, 11) is 2.05. The molecule has 78 valence electrons. The average Bonchev–Trinajstić information content (AvgIpc) is 2.19. The van der Waals surface area contributed by atoms with Gasteiger partial charge in [0.15, 0.2) is 0 Å². The average molecular weight is 260 g/mol. The molecule has 0 N–H and O–H groups in total. The molecule has 0 radical (unpaired) electrons. The van der Waals surface area contributed by atoms with Crippen LogP contribution in [-0.4, -0.2) is 23.9 Å². The van der Waals surface area contributed by atoms with E-state index in [9.17, 15) is 4.39 Å². The highest BCUT2D eigenvalue weighted by Crippen LogP contribution is 2.10. The van der Waals surface area contributed by atoms with Crippen LogP contribution >= 0.6 is 15.9 Å². The van der Waals surface area contributed by atoms with E-state index in [1.165, 1.54) is 5.56 Å². The number of halogens is 2. The topological polar surface area (TPSA) is 3.24 Å². The van der Waals surface area contributed by atoms with Crippen LogP contribution in [0, 0.1) is 12.7 Å². The Labute approximate surface area is 93.0 Å². The van der Waals surface area contributed by atoms with Gasteiger partial charge in [-0.25, -0.2) is 4.39 Å². The minimum Gasteiger partial charge on any atom is -0.296 e. The summed E-state index contributed by atoms with van der Waals surface area (Å²) >= 11 is 3.38. The molecule has 0 aliphatic carbocycles. The lowest BCUT2D eigenvalue weighted by Crippen LogP contribution is -2.18. The zero-order chi connectivity index (χ0) is 10.6. The fourth-order valence-corrected chi connectivity index (χ4v) is 1.49. The fraction of sp³-hybridized carbons (Fsp3) is 0.455. The van der Waals surface area contributed by atoms with E-state index in [4.69, 9.17) is 0 Å². The van der Waals surface area contributed by atoms with Crippen molar-refractivity contribution in [3.05, 3.63) is 35.1 Å². The molecule has 1 rings (SSSR count). The lowest BCUT2D eigenvalue weighted by Gasteiger charge is -2.12. The van der Waals surface area contributed by atoms with Gasteiger partial charge in [-0.1, -0.05) is 28.1 Å². The Balaban J connectivity index is 2.55. The minimum atomic E-state index is -0.123. The van der Waals surface area contributed by atoms with Gasteiger partial charge in [0.1, 0.15) is 5.82 Å². The molecule has 0 unspecified atom stereocenters. The second-order valence-corrected chi connectivity index (χ2v) is 4.03. The Morgan fingerprint density at radius 3 is 2.71 bits per heavy atom. The molecule has 0 aliphatic rings. The first-order valence-electron chi connectivity index (χ1n) is 4.63. The summed E-state index contributed by atoms with van der Waals surface area (Å²) in [6.45, 7) is 2.78. The predicted molar refractivity (Wildman–Crippen MR) is 61.3 cm³/mol. The van der Waals surface area contributed by atoms with Crippen LogP contribution in [0.25, 0.3) is 0 Å². The summed E-state index contributed by atoms with van der Waals surface area (Å²) in [6.07, 6.45) is 0.962. The zero-order valence-corrected chi connectivity index (χ0v) is 10.1. The highest BCUT2D eigenvalue weighted by Gasteiger charge is 2.00. The van der Waals surface area contributed by atoms with Gasteiger partial charge in [0, 0.05) is 6.54 Å². The van der Waals surface area contributed by atoms with Crippen LogP contribution in [0.15, 0.2) is 18.2 Å². The number of nitrogens with zero attached hydrogens (tertiary/aromatic N) is 1. The SMILES string of the molecule is Cc1cc(CCN(C)CBr)ccc1F. The number of rotatable bonds is 4. The van der Waals surface area contributed by atoms with Crippen LogP contribution < -0.4 is 0 Å². The minimum absolute atomic E-state index is 0.123. The van der Waals surface area contributed by atoms with Crippen molar-refractivity contribution in [3.63, 3.8) is 0 Å². The normalized spacial score (nSPS) is 10.9. The van der Waals surface area contributed by atoms with Crippen molar-refractivity contribution < 1.29 is 4.39 Å². The van der Waals surface area contributed by atoms with E-state index in [2.05, 4.69) is 20.8 Å². The number of aryl methyl sites for hydroxylation is 1. The highest BCUT2D eigenvalue weighted by atomic mass is 79.9. The van der Waals surface area contributed by atoms with Crippen LogP contribution in [0.5, 0.6) is 0 Å². The van der Waals surface area contributed by atoms with Crippen LogP contribution in [-0.2, 0) is 6.42 Å². The number of likely N-dealkylation sites (N-methyl/N-ethyl adjacent to an activating group) is 1. The van der Waals surface area contributed by atoms with Gasteiger partial charge < -0.3 is 0 Å². The summed E-state index contributed by atoms with van der Waals surface area (Å²) in [4.78, 5) is 2.17. The van der Waals surface area contributed by atoms with E-state index in [0.717, 1.165) is 24.0 Å². The molecular formula is C11H15BrFN. The summed E-state index contributed by atoms with van der Waals surface area (Å²) in [5.41, 5.74) is 2.79. The molecule has 1 aromatic rings. The number of hydrogen-bond donors (Lipinski definition) is 0. The van der Waals surface area contributed by atoms with Gasteiger partial charge in [-0.2, -0.15) is 0 Å². The molecule has 0 bridgehead atoms. The van der Waals surface area contributed by atoms with Crippen molar-refractivity contribution in [2.45, 2.75) is 13.3 Å². The maximum atomic E-state index is 12.9. The molecule has 0 aliphatic heterocycles. The molecule has 0 atom stereocenters. The van der Waals surface area contributed by atoms with Gasteiger partial charge in [0.25, 0.3) is 0 Å². The standard InChI is InChI=1S/C11H15BrFN/c1-9-7-10(3-4-11(9)13)5-6-14(2)8-12/h3-4,7H,5-6,8H2,1-2H3. The molecule has 0 saturated carbocycles. The Kier molecular flexibility index (Phi) is 4.55. The number of benzene rings is 1. The molecule has 0 spiro atoms. The van der Waals surface area contributed by atoms with E-state index in [1.807, 2.05) is 19.2 Å². The third-order valence-electron chi connectivity index (χ3n) is 2.21. The Bertz CT molecular complexity index is 301. The summed E-state index contributed by atoms with van der Waals surface area (Å²) in [5, 5.41) is 0. The van der Waals surface area contributed by atoms with E-state index in [1.54, 1.807) is 13.0 Å². The molecule has 1 nitrogen and oxygen atoms in total. The van der Waals surface area contributed by atoms with Gasteiger partial charge in [-0.15, -0.1) is 0 Å². The van der Waals surface area contributed by atoms with Crippen LogP contribution in [0.2, 0.25) is 0 Å².